The van der Waals surface area contributed by atoms with Crippen molar-refractivity contribution >= 4 is 22.2 Å². The molecule has 98 valence electrons. The highest BCUT2D eigenvalue weighted by atomic mass is 35.5. The number of hydrogen-bond donors (Lipinski definition) is 1. The van der Waals surface area contributed by atoms with Crippen LogP contribution in [0.5, 0.6) is 0 Å². The summed E-state index contributed by atoms with van der Waals surface area (Å²) in [6.07, 6.45) is 1.12. The zero-order valence-electron chi connectivity index (χ0n) is 10.3. The number of halogens is 1. The highest BCUT2D eigenvalue weighted by Crippen LogP contribution is 2.07. The molecule has 6 heteroatoms. The minimum atomic E-state index is -2.88. The van der Waals surface area contributed by atoms with Gasteiger partial charge in [0.05, 0.1) is 11.0 Å². The zero-order valence-corrected chi connectivity index (χ0v) is 11.9. The number of sulfone groups is 1. The van der Waals surface area contributed by atoms with Crippen LogP contribution in [-0.4, -0.2) is 57.0 Å². The number of hydrogen-bond acceptors (Lipinski definition) is 4. The number of likely N-dealkylation sites (N-methyl/N-ethyl adjacent to an activating group) is 1. The minimum absolute atomic E-state index is 0. The molecule has 0 aliphatic carbocycles. The van der Waals surface area contributed by atoms with Gasteiger partial charge < -0.3 is 10.2 Å². The van der Waals surface area contributed by atoms with Crippen molar-refractivity contribution in [2.45, 2.75) is 31.6 Å². The topological polar surface area (TPSA) is 49.4 Å². The predicted molar refractivity (Wildman–Crippen MR) is 70.1 cm³/mol. The Hall–Kier alpha value is 0.160. The fraction of sp³-hybridized carbons (Fsp3) is 1.00. The highest BCUT2D eigenvalue weighted by Gasteiger charge is 2.22. The lowest BCUT2D eigenvalue weighted by Gasteiger charge is -2.23. The maximum atomic E-state index is 11.6. The van der Waals surface area contributed by atoms with E-state index >= 15 is 0 Å². The molecular weight excluding hydrogens is 248 g/mol. The van der Waals surface area contributed by atoms with Gasteiger partial charge >= 0.3 is 0 Å². The Morgan fingerprint density at radius 2 is 2.06 bits per heavy atom. The van der Waals surface area contributed by atoms with E-state index in [9.17, 15) is 8.42 Å². The summed E-state index contributed by atoms with van der Waals surface area (Å²) in [5.41, 5.74) is 0. The van der Waals surface area contributed by atoms with Crippen molar-refractivity contribution in [1.82, 2.24) is 10.2 Å². The van der Waals surface area contributed by atoms with E-state index in [1.807, 2.05) is 7.05 Å². The van der Waals surface area contributed by atoms with E-state index in [0.29, 0.717) is 12.6 Å². The largest absolute Gasteiger partial charge is 0.315 e. The summed E-state index contributed by atoms with van der Waals surface area (Å²) < 4.78 is 23.2. The Kier molecular flexibility index (Phi) is 6.86. The molecule has 1 saturated heterocycles. The molecule has 0 spiro atoms. The Labute approximate surface area is 105 Å². The van der Waals surface area contributed by atoms with Crippen molar-refractivity contribution in [2.24, 2.45) is 0 Å². The van der Waals surface area contributed by atoms with Crippen LogP contribution in [-0.2, 0) is 9.84 Å². The second kappa shape index (κ2) is 6.79. The second-order valence-electron chi connectivity index (χ2n) is 4.54. The van der Waals surface area contributed by atoms with E-state index in [-0.39, 0.29) is 23.4 Å². The van der Waals surface area contributed by atoms with Crippen molar-refractivity contribution in [2.75, 3.05) is 32.4 Å². The molecule has 1 aliphatic heterocycles. The molecule has 16 heavy (non-hydrogen) atoms. The van der Waals surface area contributed by atoms with E-state index < -0.39 is 9.84 Å². The van der Waals surface area contributed by atoms with Crippen molar-refractivity contribution in [3.8, 4) is 0 Å². The van der Waals surface area contributed by atoms with Gasteiger partial charge in [0.1, 0.15) is 0 Å². The summed E-state index contributed by atoms with van der Waals surface area (Å²) in [6.45, 7) is 6.16. The maximum Gasteiger partial charge on any atom is 0.153 e. The van der Waals surface area contributed by atoms with Gasteiger partial charge in [-0.15, -0.1) is 12.4 Å². The maximum absolute atomic E-state index is 11.6. The number of nitrogens with zero attached hydrogens (tertiary/aromatic N) is 1. The first-order valence-electron chi connectivity index (χ1n) is 5.56. The Bertz CT molecular complexity index is 287. The third-order valence-electron chi connectivity index (χ3n) is 3.10. The van der Waals surface area contributed by atoms with Gasteiger partial charge in [-0.3, -0.25) is 0 Å². The lowest BCUT2D eigenvalue weighted by atomic mass is 10.2. The summed E-state index contributed by atoms with van der Waals surface area (Å²) in [4.78, 5) is 2.15. The standard InChI is InChI=1S/C10H22N2O2S.ClH/c1-9(2)15(13,14)7-6-12(3)10-4-5-11-8-10;/h9-11H,4-8H2,1-3H3;1H. The predicted octanol–water partition coefficient (Wildman–Crippen LogP) is 0.525. The molecule has 0 amide bonds. The van der Waals surface area contributed by atoms with Gasteiger partial charge in [-0.25, -0.2) is 8.42 Å². The third-order valence-corrected chi connectivity index (χ3v) is 5.29. The first-order valence-corrected chi connectivity index (χ1v) is 7.27. The van der Waals surface area contributed by atoms with Crippen LogP contribution in [0.3, 0.4) is 0 Å². The fourth-order valence-electron chi connectivity index (χ4n) is 1.71. The molecule has 1 unspecified atom stereocenters. The average molecular weight is 271 g/mol. The number of rotatable bonds is 5. The summed E-state index contributed by atoms with van der Waals surface area (Å²) in [5, 5.41) is 3.03. The molecule has 1 fully saturated rings. The van der Waals surface area contributed by atoms with Crippen LogP contribution in [0.2, 0.25) is 0 Å². The van der Waals surface area contributed by atoms with Gasteiger partial charge in [0, 0.05) is 19.1 Å². The molecule has 0 saturated carbocycles. The van der Waals surface area contributed by atoms with Crippen LogP contribution >= 0.6 is 12.4 Å². The Balaban J connectivity index is 0.00000225. The molecule has 1 rings (SSSR count). The first kappa shape index (κ1) is 16.2. The lowest BCUT2D eigenvalue weighted by Crippen LogP contribution is -2.37. The smallest absolute Gasteiger partial charge is 0.153 e. The van der Waals surface area contributed by atoms with E-state index in [1.165, 1.54) is 0 Å². The van der Waals surface area contributed by atoms with Crippen LogP contribution in [0.1, 0.15) is 20.3 Å². The number of nitrogens with one attached hydrogen (secondary N) is 1. The third kappa shape index (κ3) is 4.57. The van der Waals surface area contributed by atoms with E-state index in [2.05, 4.69) is 10.2 Å². The summed E-state index contributed by atoms with van der Waals surface area (Å²) >= 11 is 0. The molecule has 0 radical (unpaired) electrons. The molecule has 1 heterocycles. The van der Waals surface area contributed by atoms with Crippen LogP contribution in [0, 0.1) is 0 Å². The SMILES string of the molecule is CC(C)S(=O)(=O)CCN(C)C1CCNC1.Cl. The molecule has 0 aromatic rings. The van der Waals surface area contributed by atoms with Crippen LogP contribution in [0.4, 0.5) is 0 Å². The monoisotopic (exact) mass is 270 g/mol. The summed E-state index contributed by atoms with van der Waals surface area (Å²) in [6, 6.07) is 0.507. The first-order chi connectivity index (χ1) is 6.93. The van der Waals surface area contributed by atoms with Crippen molar-refractivity contribution in [3.63, 3.8) is 0 Å². The molecule has 1 aliphatic rings. The molecule has 0 bridgehead atoms. The highest BCUT2D eigenvalue weighted by molar-refractivity contribution is 7.92. The minimum Gasteiger partial charge on any atom is -0.315 e. The molecule has 0 aromatic carbocycles. The van der Waals surface area contributed by atoms with E-state index in [0.717, 1.165) is 19.5 Å². The molecule has 4 nitrogen and oxygen atoms in total. The zero-order chi connectivity index (χ0) is 11.5. The fourth-order valence-corrected chi connectivity index (χ4v) is 2.72. The van der Waals surface area contributed by atoms with E-state index in [1.54, 1.807) is 13.8 Å². The quantitative estimate of drug-likeness (QED) is 0.792. The van der Waals surface area contributed by atoms with Crippen molar-refractivity contribution in [1.29, 1.82) is 0 Å². The van der Waals surface area contributed by atoms with Gasteiger partial charge in [0.2, 0.25) is 0 Å². The van der Waals surface area contributed by atoms with Crippen LogP contribution in [0.15, 0.2) is 0 Å². The van der Waals surface area contributed by atoms with Gasteiger partial charge in [-0.05, 0) is 33.9 Å². The normalized spacial score (nSPS) is 21.4. The summed E-state index contributed by atoms with van der Waals surface area (Å²) in [5.74, 6) is 0.275. The van der Waals surface area contributed by atoms with Gasteiger partial charge in [-0.2, -0.15) is 0 Å². The molecule has 1 N–H and O–H groups in total. The van der Waals surface area contributed by atoms with E-state index in [4.69, 9.17) is 0 Å². The molecular formula is C10H23ClN2O2S. The van der Waals surface area contributed by atoms with Crippen molar-refractivity contribution < 1.29 is 8.42 Å². The molecule has 1 atom stereocenters. The van der Waals surface area contributed by atoms with Crippen LogP contribution in [0.25, 0.3) is 0 Å². The Morgan fingerprint density at radius 3 is 2.50 bits per heavy atom. The van der Waals surface area contributed by atoms with Gasteiger partial charge in [0.25, 0.3) is 0 Å². The van der Waals surface area contributed by atoms with Gasteiger partial charge in [-0.1, -0.05) is 0 Å². The van der Waals surface area contributed by atoms with Crippen molar-refractivity contribution in [3.05, 3.63) is 0 Å². The second-order valence-corrected chi connectivity index (χ2v) is 7.22. The lowest BCUT2D eigenvalue weighted by molar-refractivity contribution is 0.271. The van der Waals surface area contributed by atoms with Crippen LogP contribution < -0.4 is 5.32 Å². The van der Waals surface area contributed by atoms with Gasteiger partial charge in [0.15, 0.2) is 9.84 Å². The summed E-state index contributed by atoms with van der Waals surface area (Å²) in [7, 11) is -0.877. The Morgan fingerprint density at radius 1 is 1.44 bits per heavy atom. The molecule has 0 aromatic heterocycles. The average Bonchev–Trinajstić information content (AvgIpc) is 2.66.